The normalized spacial score (nSPS) is 12.5. The number of benzene rings is 2. The lowest BCUT2D eigenvalue weighted by molar-refractivity contribution is 0.0721. The monoisotopic (exact) mass is 365 g/mol. The molecule has 0 atom stereocenters. The summed E-state index contributed by atoms with van der Waals surface area (Å²) in [6, 6.07) is 14.9. The zero-order valence-corrected chi connectivity index (χ0v) is 15.6. The fraction of sp³-hybridized carbons (Fsp3) is 0.333. The topological polar surface area (TPSA) is 65.8 Å². The highest BCUT2D eigenvalue weighted by Crippen LogP contribution is 2.34. The highest BCUT2D eigenvalue weighted by Gasteiger charge is 2.24. The van der Waals surface area contributed by atoms with Gasteiger partial charge in [0.1, 0.15) is 13.2 Å². The van der Waals surface area contributed by atoms with Gasteiger partial charge in [0, 0.05) is 19.6 Å². The maximum Gasteiger partial charge on any atom is 0.258 e. The summed E-state index contributed by atoms with van der Waals surface area (Å²) in [7, 11) is 3.95. The Bertz CT molecular complexity index is 858. The van der Waals surface area contributed by atoms with Crippen molar-refractivity contribution in [2.75, 3.05) is 40.4 Å². The van der Waals surface area contributed by atoms with Crippen LogP contribution in [0.5, 0.6) is 11.5 Å². The number of carbonyl (C=O) groups is 1. The summed E-state index contributed by atoms with van der Waals surface area (Å²) in [5.74, 6) is 1.00. The molecule has 140 valence electrons. The van der Waals surface area contributed by atoms with Crippen molar-refractivity contribution >= 4 is 5.91 Å². The summed E-state index contributed by atoms with van der Waals surface area (Å²) in [6.45, 7) is 2.63. The van der Waals surface area contributed by atoms with Gasteiger partial charge in [0.25, 0.3) is 5.91 Å². The number of fused-ring (bicyclic) bond motifs is 1. The van der Waals surface area contributed by atoms with Crippen LogP contribution in [0, 0.1) is 11.3 Å². The lowest BCUT2D eigenvalue weighted by Gasteiger charge is -2.27. The van der Waals surface area contributed by atoms with Crippen LogP contribution >= 0.6 is 0 Å². The molecule has 1 amide bonds. The smallest absolute Gasteiger partial charge is 0.258 e. The largest absolute Gasteiger partial charge is 0.486 e. The van der Waals surface area contributed by atoms with Crippen molar-refractivity contribution in [2.24, 2.45) is 0 Å². The Morgan fingerprint density at radius 3 is 2.67 bits per heavy atom. The van der Waals surface area contributed by atoms with Crippen LogP contribution in [0.25, 0.3) is 0 Å². The van der Waals surface area contributed by atoms with Crippen LogP contribution in [0.1, 0.15) is 21.5 Å². The summed E-state index contributed by atoms with van der Waals surface area (Å²) < 4.78 is 11.3. The maximum absolute atomic E-state index is 13.3. The first-order valence-corrected chi connectivity index (χ1v) is 8.90. The molecule has 0 fully saturated rings. The van der Waals surface area contributed by atoms with Gasteiger partial charge in [-0.2, -0.15) is 5.26 Å². The Hall–Kier alpha value is -3.04. The van der Waals surface area contributed by atoms with E-state index in [2.05, 4.69) is 6.07 Å². The van der Waals surface area contributed by atoms with Crippen molar-refractivity contribution in [1.82, 2.24) is 9.80 Å². The van der Waals surface area contributed by atoms with E-state index in [1.54, 1.807) is 23.1 Å². The summed E-state index contributed by atoms with van der Waals surface area (Å²) in [5.41, 5.74) is 2.01. The van der Waals surface area contributed by atoms with E-state index in [1.807, 2.05) is 43.3 Å². The van der Waals surface area contributed by atoms with Gasteiger partial charge in [0.15, 0.2) is 11.5 Å². The number of likely N-dealkylation sites (N-methyl/N-ethyl adjacent to an activating group) is 1. The summed E-state index contributed by atoms with van der Waals surface area (Å²) in [6.07, 6.45) is 0. The van der Waals surface area contributed by atoms with Crippen molar-refractivity contribution in [3.8, 4) is 17.6 Å². The molecule has 2 aromatic carbocycles. The minimum atomic E-state index is -0.110. The first kappa shape index (κ1) is 18.7. The van der Waals surface area contributed by atoms with Gasteiger partial charge >= 0.3 is 0 Å². The molecule has 1 heterocycles. The molecule has 1 aliphatic heterocycles. The molecule has 0 unspecified atom stereocenters. The van der Waals surface area contributed by atoms with Crippen molar-refractivity contribution in [3.05, 3.63) is 59.2 Å². The third-order valence-electron chi connectivity index (χ3n) is 4.33. The van der Waals surface area contributed by atoms with Crippen molar-refractivity contribution in [1.29, 1.82) is 5.26 Å². The minimum absolute atomic E-state index is 0.110. The van der Waals surface area contributed by atoms with Crippen molar-refractivity contribution < 1.29 is 14.3 Å². The number of carbonyl (C=O) groups excluding carboxylic acids is 1. The third kappa shape index (κ3) is 4.57. The second-order valence-electron chi connectivity index (χ2n) is 6.67. The second-order valence-corrected chi connectivity index (χ2v) is 6.67. The van der Waals surface area contributed by atoms with Gasteiger partial charge in [-0.3, -0.25) is 4.79 Å². The Labute approximate surface area is 159 Å². The molecule has 0 bridgehead atoms. The Morgan fingerprint density at radius 1 is 1.11 bits per heavy atom. The van der Waals surface area contributed by atoms with E-state index >= 15 is 0 Å². The van der Waals surface area contributed by atoms with Crippen LogP contribution in [0.15, 0.2) is 42.5 Å². The summed E-state index contributed by atoms with van der Waals surface area (Å²) in [5, 5.41) is 9.12. The molecule has 0 aliphatic carbocycles. The van der Waals surface area contributed by atoms with E-state index in [-0.39, 0.29) is 5.91 Å². The fourth-order valence-corrected chi connectivity index (χ4v) is 2.95. The molecular weight excluding hydrogens is 342 g/mol. The molecule has 2 aromatic rings. The predicted octanol–water partition coefficient (Wildman–Crippen LogP) is 2.53. The molecule has 0 aromatic heterocycles. The molecule has 6 nitrogen and oxygen atoms in total. The number of rotatable bonds is 6. The lowest BCUT2D eigenvalue weighted by Crippen LogP contribution is -2.36. The second kappa shape index (κ2) is 8.56. The molecule has 0 N–H and O–H groups in total. The van der Waals surface area contributed by atoms with Crippen LogP contribution in [0.2, 0.25) is 0 Å². The van der Waals surface area contributed by atoms with E-state index in [0.29, 0.717) is 48.9 Å². The van der Waals surface area contributed by atoms with Gasteiger partial charge in [-0.25, -0.2) is 0 Å². The number of nitriles is 1. The van der Waals surface area contributed by atoms with Crippen LogP contribution < -0.4 is 9.47 Å². The van der Waals surface area contributed by atoms with Crippen LogP contribution in [-0.4, -0.2) is 56.1 Å². The Kier molecular flexibility index (Phi) is 5.94. The van der Waals surface area contributed by atoms with Crippen molar-refractivity contribution in [2.45, 2.75) is 6.54 Å². The van der Waals surface area contributed by atoms with Crippen LogP contribution in [-0.2, 0) is 6.54 Å². The van der Waals surface area contributed by atoms with Gasteiger partial charge in [-0.1, -0.05) is 18.2 Å². The molecule has 0 saturated carbocycles. The molecule has 6 heteroatoms. The fourth-order valence-electron chi connectivity index (χ4n) is 2.95. The van der Waals surface area contributed by atoms with Crippen LogP contribution in [0.4, 0.5) is 0 Å². The zero-order valence-electron chi connectivity index (χ0n) is 15.6. The molecular formula is C21H23N3O3. The number of hydrogen-bond donors (Lipinski definition) is 0. The highest BCUT2D eigenvalue weighted by molar-refractivity contribution is 5.97. The number of ether oxygens (including phenoxy) is 2. The summed E-state index contributed by atoms with van der Waals surface area (Å²) >= 11 is 0. The Balaban J connectivity index is 1.88. The SMILES string of the molecule is CN(C)CCN(Cc1cccc(C#N)c1)C(=O)c1cccc2c1OCCO2. The zero-order chi connectivity index (χ0) is 19.2. The minimum Gasteiger partial charge on any atom is -0.486 e. The number of para-hydroxylation sites is 1. The molecule has 0 radical (unpaired) electrons. The Morgan fingerprint density at radius 2 is 1.89 bits per heavy atom. The van der Waals surface area contributed by atoms with Crippen LogP contribution in [0.3, 0.4) is 0 Å². The lowest BCUT2D eigenvalue weighted by atomic mass is 10.1. The number of nitrogens with zero attached hydrogens (tertiary/aromatic N) is 3. The number of amides is 1. The molecule has 27 heavy (non-hydrogen) atoms. The maximum atomic E-state index is 13.3. The van der Waals surface area contributed by atoms with E-state index < -0.39 is 0 Å². The molecule has 0 saturated heterocycles. The standard InChI is InChI=1S/C21H23N3O3/c1-23(2)9-10-24(15-17-6-3-5-16(13-17)14-22)21(25)18-7-4-8-19-20(18)27-12-11-26-19/h3-8,13H,9-12,15H2,1-2H3. The quantitative estimate of drug-likeness (QED) is 0.787. The van der Waals surface area contributed by atoms with Gasteiger partial charge in [-0.05, 0) is 43.9 Å². The first-order valence-electron chi connectivity index (χ1n) is 8.90. The highest BCUT2D eigenvalue weighted by atomic mass is 16.6. The van der Waals surface area contributed by atoms with E-state index in [9.17, 15) is 4.79 Å². The first-order chi connectivity index (χ1) is 13.1. The van der Waals surface area contributed by atoms with Crippen molar-refractivity contribution in [3.63, 3.8) is 0 Å². The van der Waals surface area contributed by atoms with Gasteiger partial charge in [0.05, 0.1) is 17.2 Å². The van der Waals surface area contributed by atoms with E-state index in [4.69, 9.17) is 14.7 Å². The van der Waals surface area contributed by atoms with Gasteiger partial charge < -0.3 is 19.3 Å². The van der Waals surface area contributed by atoms with E-state index in [0.717, 1.165) is 12.1 Å². The molecule has 3 rings (SSSR count). The summed E-state index contributed by atoms with van der Waals surface area (Å²) in [4.78, 5) is 17.1. The number of hydrogen-bond acceptors (Lipinski definition) is 5. The van der Waals surface area contributed by atoms with Gasteiger partial charge in [-0.15, -0.1) is 0 Å². The average Bonchev–Trinajstić information content (AvgIpc) is 2.70. The predicted molar refractivity (Wildman–Crippen MR) is 102 cm³/mol. The van der Waals surface area contributed by atoms with Gasteiger partial charge in [0.2, 0.25) is 0 Å². The average molecular weight is 365 g/mol. The molecule has 0 spiro atoms. The third-order valence-corrected chi connectivity index (χ3v) is 4.33. The molecule has 1 aliphatic rings. The van der Waals surface area contributed by atoms with E-state index in [1.165, 1.54) is 0 Å².